The van der Waals surface area contributed by atoms with Gasteiger partial charge in [0.05, 0.1) is 31.6 Å². The van der Waals surface area contributed by atoms with Gasteiger partial charge in [-0.1, -0.05) is 52.3 Å². The van der Waals surface area contributed by atoms with Gasteiger partial charge < -0.3 is 14.2 Å². The Balaban J connectivity index is 1.53. The Hall–Kier alpha value is -4.17. The van der Waals surface area contributed by atoms with Crippen LogP contribution in [0, 0.1) is 0 Å². The molecule has 7 nitrogen and oxygen atoms in total. The van der Waals surface area contributed by atoms with Crippen molar-refractivity contribution in [3.05, 3.63) is 100 Å². The first-order chi connectivity index (χ1) is 17.0. The summed E-state index contributed by atoms with van der Waals surface area (Å²) in [5.74, 6) is 0.0979. The molecule has 4 rings (SSSR count). The van der Waals surface area contributed by atoms with Crippen LogP contribution in [0.5, 0.6) is 17.2 Å². The van der Waals surface area contributed by atoms with Crippen LogP contribution in [-0.2, 0) is 0 Å². The third-order valence-electron chi connectivity index (χ3n) is 5.19. The van der Waals surface area contributed by atoms with Crippen molar-refractivity contribution in [2.24, 2.45) is 5.10 Å². The van der Waals surface area contributed by atoms with Gasteiger partial charge in [0, 0.05) is 4.47 Å². The minimum Gasteiger partial charge on any atom is -0.496 e. The molecule has 0 aliphatic rings. The summed E-state index contributed by atoms with van der Waals surface area (Å²) in [5, 5.41) is 5.75. The molecule has 35 heavy (non-hydrogen) atoms. The lowest BCUT2D eigenvalue weighted by molar-refractivity contribution is 0.0731. The number of ether oxygens (including phenoxy) is 3. The highest BCUT2D eigenvalue weighted by atomic mass is 79.9. The van der Waals surface area contributed by atoms with E-state index in [-0.39, 0.29) is 5.75 Å². The monoisotopic (exact) mass is 532 g/mol. The van der Waals surface area contributed by atoms with E-state index in [1.54, 1.807) is 42.5 Å². The smallest absolute Gasteiger partial charge is 0.344 e. The average Bonchev–Trinajstić information content (AvgIpc) is 2.88. The molecule has 0 aliphatic heterocycles. The molecule has 0 saturated carbocycles. The number of benzene rings is 4. The Labute approximate surface area is 210 Å². The molecule has 0 radical (unpaired) electrons. The van der Waals surface area contributed by atoms with Gasteiger partial charge in [0.2, 0.25) is 0 Å². The van der Waals surface area contributed by atoms with Gasteiger partial charge in [-0.2, -0.15) is 5.10 Å². The molecule has 0 saturated heterocycles. The molecular weight excluding hydrogens is 512 g/mol. The fourth-order valence-electron chi connectivity index (χ4n) is 3.49. The van der Waals surface area contributed by atoms with Crippen molar-refractivity contribution in [3.63, 3.8) is 0 Å². The number of methoxy groups -OCH3 is 2. The molecular formula is C27H21BrN2O5. The largest absolute Gasteiger partial charge is 0.496 e. The zero-order chi connectivity index (χ0) is 24.8. The number of halogens is 1. The zero-order valence-corrected chi connectivity index (χ0v) is 20.5. The molecule has 1 amide bonds. The Bertz CT molecular complexity index is 1430. The number of esters is 1. The highest BCUT2D eigenvalue weighted by Gasteiger charge is 2.16. The molecule has 1 N–H and O–H groups in total. The Morgan fingerprint density at radius 3 is 2.37 bits per heavy atom. The molecule has 0 bridgehead atoms. The van der Waals surface area contributed by atoms with E-state index in [1.807, 2.05) is 36.4 Å². The first kappa shape index (κ1) is 24.0. The first-order valence-electron chi connectivity index (χ1n) is 10.5. The van der Waals surface area contributed by atoms with Crippen molar-refractivity contribution >= 4 is 44.8 Å². The van der Waals surface area contributed by atoms with Crippen molar-refractivity contribution in [1.29, 1.82) is 0 Å². The average molecular weight is 533 g/mol. The molecule has 0 heterocycles. The van der Waals surface area contributed by atoms with Crippen molar-refractivity contribution in [1.82, 2.24) is 5.43 Å². The van der Waals surface area contributed by atoms with Crippen molar-refractivity contribution in [2.75, 3.05) is 14.2 Å². The van der Waals surface area contributed by atoms with Crippen LogP contribution in [0.15, 0.2) is 88.4 Å². The quantitative estimate of drug-likeness (QED) is 0.145. The van der Waals surface area contributed by atoms with Crippen LogP contribution in [0.4, 0.5) is 0 Å². The van der Waals surface area contributed by atoms with E-state index in [0.29, 0.717) is 28.2 Å². The van der Waals surface area contributed by atoms with Gasteiger partial charge in [0.25, 0.3) is 5.91 Å². The maximum absolute atomic E-state index is 13.0. The molecule has 0 atom stereocenters. The third-order valence-corrected chi connectivity index (χ3v) is 5.68. The van der Waals surface area contributed by atoms with Crippen LogP contribution in [-0.4, -0.2) is 32.3 Å². The van der Waals surface area contributed by atoms with Crippen LogP contribution in [0.1, 0.15) is 26.3 Å². The predicted molar refractivity (Wildman–Crippen MR) is 138 cm³/mol. The number of nitrogens with one attached hydrogen (secondary N) is 1. The summed E-state index contributed by atoms with van der Waals surface area (Å²) in [5.41, 5.74) is 3.84. The lowest BCUT2D eigenvalue weighted by Crippen LogP contribution is -2.18. The van der Waals surface area contributed by atoms with Gasteiger partial charge in [-0.25, -0.2) is 10.2 Å². The van der Waals surface area contributed by atoms with Gasteiger partial charge in [-0.3, -0.25) is 4.79 Å². The van der Waals surface area contributed by atoms with Crippen LogP contribution < -0.4 is 19.6 Å². The summed E-state index contributed by atoms with van der Waals surface area (Å²) in [6, 6.07) is 23.1. The fourth-order valence-corrected chi connectivity index (χ4v) is 3.86. The molecule has 4 aromatic rings. The Morgan fingerprint density at radius 2 is 1.57 bits per heavy atom. The summed E-state index contributed by atoms with van der Waals surface area (Å²) < 4.78 is 17.0. The number of hydrogen-bond acceptors (Lipinski definition) is 6. The van der Waals surface area contributed by atoms with Crippen LogP contribution >= 0.6 is 15.9 Å². The number of carbonyl (C=O) groups excluding carboxylic acids is 2. The van der Waals surface area contributed by atoms with E-state index in [4.69, 9.17) is 14.2 Å². The second-order valence-electron chi connectivity index (χ2n) is 7.37. The molecule has 0 aromatic heterocycles. The molecule has 8 heteroatoms. The van der Waals surface area contributed by atoms with E-state index < -0.39 is 11.9 Å². The standard InChI is InChI=1S/C27H21BrN2O5/c1-33-23-13-11-19(28)15-22(23)26(31)30-29-16-17-10-12-24(34-2)25(14-17)35-27(32)21-9-5-7-18-6-3-4-8-20(18)21/h3-16H,1-2H3,(H,30,31)/b29-16-. The normalized spacial score (nSPS) is 10.8. The fraction of sp³-hybridized carbons (Fsp3) is 0.0741. The summed E-state index contributed by atoms with van der Waals surface area (Å²) in [4.78, 5) is 25.5. The maximum Gasteiger partial charge on any atom is 0.344 e. The second kappa shape index (κ2) is 10.8. The lowest BCUT2D eigenvalue weighted by atomic mass is 10.0. The Kier molecular flexibility index (Phi) is 7.42. The summed E-state index contributed by atoms with van der Waals surface area (Å²) >= 11 is 3.34. The summed E-state index contributed by atoms with van der Waals surface area (Å²) in [6.07, 6.45) is 1.44. The first-order valence-corrected chi connectivity index (χ1v) is 11.3. The summed E-state index contributed by atoms with van der Waals surface area (Å²) in [7, 11) is 2.98. The minimum atomic E-state index is -0.510. The molecule has 4 aromatic carbocycles. The number of fused-ring (bicyclic) bond motifs is 1. The number of carbonyl (C=O) groups is 2. The van der Waals surface area contributed by atoms with Crippen molar-refractivity contribution in [3.8, 4) is 17.2 Å². The van der Waals surface area contributed by atoms with Crippen molar-refractivity contribution < 1.29 is 23.8 Å². The van der Waals surface area contributed by atoms with Gasteiger partial charge in [0.1, 0.15) is 5.75 Å². The highest BCUT2D eigenvalue weighted by molar-refractivity contribution is 9.10. The number of nitrogens with zero attached hydrogens (tertiary/aromatic N) is 1. The van der Waals surface area contributed by atoms with Crippen molar-refractivity contribution in [2.45, 2.75) is 0 Å². The topological polar surface area (TPSA) is 86.2 Å². The minimum absolute atomic E-state index is 0.231. The molecule has 0 unspecified atom stereocenters. The molecule has 0 spiro atoms. The number of hydrogen-bond donors (Lipinski definition) is 1. The third kappa shape index (κ3) is 5.50. The molecule has 0 fully saturated rings. The lowest BCUT2D eigenvalue weighted by Gasteiger charge is -2.11. The predicted octanol–water partition coefficient (Wildman–Crippen LogP) is 5.60. The Morgan fingerprint density at radius 1 is 0.829 bits per heavy atom. The second-order valence-corrected chi connectivity index (χ2v) is 8.29. The van der Waals surface area contributed by atoms with E-state index in [9.17, 15) is 9.59 Å². The van der Waals surface area contributed by atoms with Gasteiger partial charge in [-0.15, -0.1) is 0 Å². The van der Waals surface area contributed by atoms with Crippen LogP contribution in [0.25, 0.3) is 10.8 Å². The van der Waals surface area contributed by atoms with Crippen LogP contribution in [0.2, 0.25) is 0 Å². The van der Waals surface area contributed by atoms with E-state index >= 15 is 0 Å². The highest BCUT2D eigenvalue weighted by Crippen LogP contribution is 2.29. The number of amides is 1. The van der Waals surface area contributed by atoms with Crippen LogP contribution in [0.3, 0.4) is 0 Å². The number of hydrazone groups is 1. The summed E-state index contributed by atoms with van der Waals surface area (Å²) in [6.45, 7) is 0. The molecule has 0 aliphatic carbocycles. The maximum atomic E-state index is 13.0. The van der Waals surface area contributed by atoms with Gasteiger partial charge in [-0.05, 0) is 58.8 Å². The van der Waals surface area contributed by atoms with Gasteiger partial charge >= 0.3 is 5.97 Å². The van der Waals surface area contributed by atoms with E-state index in [0.717, 1.165) is 15.2 Å². The zero-order valence-electron chi connectivity index (χ0n) is 18.9. The van der Waals surface area contributed by atoms with E-state index in [1.165, 1.54) is 20.4 Å². The van der Waals surface area contributed by atoms with Gasteiger partial charge in [0.15, 0.2) is 11.5 Å². The number of rotatable bonds is 7. The SMILES string of the molecule is COc1ccc(/C=N\NC(=O)c2cc(Br)ccc2OC)cc1OC(=O)c1cccc2ccccc12. The van der Waals surface area contributed by atoms with E-state index in [2.05, 4.69) is 26.5 Å². The molecule has 176 valence electrons.